The molecule has 0 saturated carbocycles. The fraction of sp³-hybridized carbons (Fsp3) is 0.650. The van der Waals surface area contributed by atoms with Gasteiger partial charge in [-0.15, -0.1) is 11.3 Å². The lowest BCUT2D eigenvalue weighted by atomic mass is 9.80. The minimum absolute atomic E-state index is 0.0357. The summed E-state index contributed by atoms with van der Waals surface area (Å²) < 4.78 is 11.9. The van der Waals surface area contributed by atoms with E-state index >= 15 is 0 Å². The quantitative estimate of drug-likeness (QED) is 0.781. The second kappa shape index (κ2) is 7.33. The van der Waals surface area contributed by atoms with Crippen LogP contribution in [0.3, 0.4) is 0 Å². The van der Waals surface area contributed by atoms with Crippen LogP contribution in [0, 0.1) is 0 Å². The van der Waals surface area contributed by atoms with Gasteiger partial charge < -0.3 is 14.4 Å². The molecule has 7 nitrogen and oxygen atoms in total. The Balaban J connectivity index is 1.41. The molecule has 5 heterocycles. The van der Waals surface area contributed by atoms with Crippen LogP contribution < -0.4 is 4.90 Å². The SMILES string of the molecule is CC1CN(c2ncc3c(n2)C2(CCN(Cc4nccs4)C2)COC3)CC(C)O1. The summed E-state index contributed by atoms with van der Waals surface area (Å²) in [6.07, 6.45) is 5.32. The van der Waals surface area contributed by atoms with Gasteiger partial charge in [0.15, 0.2) is 0 Å². The molecule has 3 unspecified atom stereocenters. The summed E-state index contributed by atoms with van der Waals surface area (Å²) in [5.74, 6) is 0.834. The molecule has 2 aromatic heterocycles. The molecule has 2 aromatic rings. The molecule has 5 rings (SSSR count). The Labute approximate surface area is 169 Å². The van der Waals surface area contributed by atoms with E-state index in [2.05, 4.69) is 33.6 Å². The molecule has 0 N–H and O–H groups in total. The first-order valence-electron chi connectivity index (χ1n) is 10.1. The van der Waals surface area contributed by atoms with Crippen molar-refractivity contribution in [3.63, 3.8) is 0 Å². The van der Waals surface area contributed by atoms with E-state index in [1.54, 1.807) is 11.3 Å². The summed E-state index contributed by atoms with van der Waals surface area (Å²) in [6.45, 7) is 10.2. The zero-order valence-electron chi connectivity index (χ0n) is 16.5. The summed E-state index contributed by atoms with van der Waals surface area (Å²) in [5.41, 5.74) is 2.30. The average molecular weight is 402 g/mol. The van der Waals surface area contributed by atoms with Gasteiger partial charge in [-0.05, 0) is 26.8 Å². The van der Waals surface area contributed by atoms with E-state index in [4.69, 9.17) is 14.5 Å². The largest absolute Gasteiger partial charge is 0.376 e. The molecule has 0 radical (unpaired) electrons. The summed E-state index contributed by atoms with van der Waals surface area (Å²) in [5, 5.41) is 3.22. The molecular formula is C20H27N5O2S. The number of thiazole rings is 1. The van der Waals surface area contributed by atoms with Gasteiger partial charge in [0.1, 0.15) is 5.01 Å². The van der Waals surface area contributed by atoms with E-state index in [1.165, 1.54) is 10.7 Å². The molecule has 8 heteroatoms. The Morgan fingerprint density at radius 1 is 1.25 bits per heavy atom. The molecule has 3 aliphatic rings. The zero-order valence-corrected chi connectivity index (χ0v) is 17.3. The number of rotatable bonds is 3. The second-order valence-corrected chi connectivity index (χ2v) is 9.34. The van der Waals surface area contributed by atoms with Crippen LogP contribution in [0.5, 0.6) is 0 Å². The van der Waals surface area contributed by atoms with E-state index in [0.29, 0.717) is 6.61 Å². The molecule has 0 aromatic carbocycles. The first-order valence-corrected chi connectivity index (χ1v) is 10.9. The van der Waals surface area contributed by atoms with Crippen LogP contribution in [0.2, 0.25) is 0 Å². The van der Waals surface area contributed by atoms with E-state index in [9.17, 15) is 0 Å². The van der Waals surface area contributed by atoms with Crippen LogP contribution in [0.1, 0.15) is 36.5 Å². The van der Waals surface area contributed by atoms with Crippen molar-refractivity contribution in [2.24, 2.45) is 0 Å². The maximum atomic E-state index is 5.98. The van der Waals surface area contributed by atoms with Crippen molar-refractivity contribution in [2.75, 3.05) is 37.7 Å². The van der Waals surface area contributed by atoms with E-state index in [1.807, 2.05) is 17.8 Å². The van der Waals surface area contributed by atoms with Crippen LogP contribution in [-0.2, 0) is 28.0 Å². The number of likely N-dealkylation sites (tertiary alicyclic amines) is 1. The highest BCUT2D eigenvalue weighted by Crippen LogP contribution is 2.40. The number of ether oxygens (including phenoxy) is 2. The molecule has 28 heavy (non-hydrogen) atoms. The first-order chi connectivity index (χ1) is 13.6. The number of fused-ring (bicyclic) bond motifs is 2. The standard InChI is InChI=1S/C20H27N5O2S/c1-14-8-25(9-15(2)27-14)19-22-7-16-11-26-13-20(18(16)23-19)3-5-24(12-20)10-17-21-4-6-28-17/h4,6-7,14-15H,3,5,8-13H2,1-2H3. The first kappa shape index (κ1) is 18.4. The number of nitrogens with zero attached hydrogens (tertiary/aromatic N) is 5. The molecule has 2 saturated heterocycles. The number of morpholine rings is 1. The molecule has 1 spiro atoms. The van der Waals surface area contributed by atoms with Crippen molar-refractivity contribution in [3.8, 4) is 0 Å². The number of hydrogen-bond donors (Lipinski definition) is 0. The normalized spacial score (nSPS) is 30.7. The van der Waals surface area contributed by atoms with Crippen molar-refractivity contribution < 1.29 is 9.47 Å². The van der Waals surface area contributed by atoms with Crippen LogP contribution in [0.15, 0.2) is 17.8 Å². The molecule has 0 aliphatic carbocycles. The van der Waals surface area contributed by atoms with Gasteiger partial charge in [-0.25, -0.2) is 15.0 Å². The van der Waals surface area contributed by atoms with Crippen LogP contribution in [0.25, 0.3) is 0 Å². The molecule has 3 atom stereocenters. The van der Waals surface area contributed by atoms with E-state index in [-0.39, 0.29) is 17.6 Å². The van der Waals surface area contributed by atoms with Gasteiger partial charge in [-0.3, -0.25) is 4.90 Å². The lowest BCUT2D eigenvalue weighted by Crippen LogP contribution is -2.47. The zero-order chi connectivity index (χ0) is 19.1. The summed E-state index contributed by atoms with van der Waals surface area (Å²) in [4.78, 5) is 19.0. The summed E-state index contributed by atoms with van der Waals surface area (Å²) in [7, 11) is 0. The van der Waals surface area contributed by atoms with Crippen molar-refractivity contribution in [1.82, 2.24) is 19.9 Å². The van der Waals surface area contributed by atoms with Gasteiger partial charge in [0.2, 0.25) is 5.95 Å². The van der Waals surface area contributed by atoms with Crippen LogP contribution in [-0.4, -0.2) is 64.8 Å². The fourth-order valence-corrected chi connectivity index (χ4v) is 5.46. The van der Waals surface area contributed by atoms with Crippen molar-refractivity contribution >= 4 is 17.3 Å². The van der Waals surface area contributed by atoms with Gasteiger partial charge in [0.05, 0.1) is 43.1 Å². The Hall–Kier alpha value is -1.61. The Morgan fingerprint density at radius 2 is 2.11 bits per heavy atom. The minimum Gasteiger partial charge on any atom is -0.376 e. The average Bonchev–Trinajstić information content (AvgIpc) is 3.32. The Morgan fingerprint density at radius 3 is 2.89 bits per heavy atom. The molecule has 3 aliphatic heterocycles. The maximum absolute atomic E-state index is 5.98. The van der Waals surface area contributed by atoms with Crippen LogP contribution >= 0.6 is 11.3 Å². The van der Waals surface area contributed by atoms with Gasteiger partial charge >= 0.3 is 0 Å². The topological polar surface area (TPSA) is 63.6 Å². The molecule has 2 fully saturated rings. The predicted octanol–water partition coefficient (Wildman–Crippen LogP) is 2.22. The monoisotopic (exact) mass is 401 g/mol. The molecule has 150 valence electrons. The highest BCUT2D eigenvalue weighted by atomic mass is 32.1. The second-order valence-electron chi connectivity index (χ2n) is 8.37. The smallest absolute Gasteiger partial charge is 0.225 e. The van der Waals surface area contributed by atoms with E-state index < -0.39 is 0 Å². The highest BCUT2D eigenvalue weighted by Gasteiger charge is 2.45. The minimum atomic E-state index is -0.0357. The number of anilines is 1. The molecular weight excluding hydrogens is 374 g/mol. The van der Waals surface area contributed by atoms with Crippen molar-refractivity contribution in [2.45, 2.75) is 51.0 Å². The third kappa shape index (κ3) is 3.43. The number of aromatic nitrogens is 3. The predicted molar refractivity (Wildman–Crippen MR) is 108 cm³/mol. The third-order valence-corrected chi connectivity index (χ3v) is 6.73. The lowest BCUT2D eigenvalue weighted by Gasteiger charge is -2.38. The highest BCUT2D eigenvalue weighted by molar-refractivity contribution is 7.09. The summed E-state index contributed by atoms with van der Waals surface area (Å²) >= 11 is 1.72. The molecule has 0 bridgehead atoms. The maximum Gasteiger partial charge on any atom is 0.225 e. The van der Waals surface area contributed by atoms with Gasteiger partial charge in [-0.2, -0.15) is 0 Å². The Kier molecular flexibility index (Phi) is 4.82. The van der Waals surface area contributed by atoms with Gasteiger partial charge in [-0.1, -0.05) is 0 Å². The van der Waals surface area contributed by atoms with Gasteiger partial charge in [0.25, 0.3) is 0 Å². The molecule has 0 amide bonds. The van der Waals surface area contributed by atoms with E-state index in [0.717, 1.165) is 57.3 Å². The fourth-order valence-electron chi connectivity index (χ4n) is 4.81. The third-order valence-electron chi connectivity index (χ3n) is 5.97. The van der Waals surface area contributed by atoms with Crippen molar-refractivity contribution in [3.05, 3.63) is 34.0 Å². The van der Waals surface area contributed by atoms with Crippen LogP contribution in [0.4, 0.5) is 5.95 Å². The van der Waals surface area contributed by atoms with Crippen molar-refractivity contribution in [1.29, 1.82) is 0 Å². The van der Waals surface area contributed by atoms with Gasteiger partial charge in [0, 0.05) is 43.0 Å². The lowest BCUT2D eigenvalue weighted by molar-refractivity contribution is -0.00584. The summed E-state index contributed by atoms with van der Waals surface area (Å²) in [6, 6.07) is 0. The number of hydrogen-bond acceptors (Lipinski definition) is 8. The Bertz CT molecular complexity index is 822.